The number of allylic oxidation sites excluding steroid dienone is 1. The van der Waals surface area contributed by atoms with Crippen molar-refractivity contribution in [2.24, 2.45) is 0 Å². The summed E-state index contributed by atoms with van der Waals surface area (Å²) >= 11 is 0. The van der Waals surface area contributed by atoms with Crippen molar-refractivity contribution in [3.8, 4) is 0 Å². The lowest BCUT2D eigenvalue weighted by molar-refractivity contribution is 0.511. The molecule has 0 amide bonds. The molecule has 0 aromatic rings. The Morgan fingerprint density at radius 2 is 2.11 bits per heavy atom. The Bertz CT molecular complexity index is 125. The third-order valence-electron chi connectivity index (χ3n) is 1.17. The minimum Gasteiger partial charge on any atom is -0.349 e. The quantitative estimate of drug-likeness (QED) is 0.518. The van der Waals surface area contributed by atoms with Crippen molar-refractivity contribution in [2.75, 3.05) is 6.54 Å². The summed E-state index contributed by atoms with van der Waals surface area (Å²) < 4.78 is 0. The first-order chi connectivity index (χ1) is 4.26. The van der Waals surface area contributed by atoms with Gasteiger partial charge >= 0.3 is 0 Å². The molecule has 0 saturated carbocycles. The van der Waals surface area contributed by atoms with Gasteiger partial charge in [-0.15, -0.1) is 0 Å². The molecule has 0 atom stereocenters. The van der Waals surface area contributed by atoms with Crippen LogP contribution in [0, 0.1) is 0 Å². The monoisotopic (exact) mass is 123 g/mol. The molecule has 50 valence electrons. The molecule has 0 fully saturated rings. The van der Waals surface area contributed by atoms with Gasteiger partial charge in [0.05, 0.1) is 0 Å². The largest absolute Gasteiger partial charge is 0.349 e. The minimum absolute atomic E-state index is 0.896. The molecule has 1 nitrogen and oxygen atoms in total. The zero-order valence-corrected chi connectivity index (χ0v) is 5.93. The van der Waals surface area contributed by atoms with E-state index in [0.29, 0.717) is 0 Å². The fraction of sp³-hybridized carbons (Fsp3) is 0.250. The van der Waals surface area contributed by atoms with Crippen LogP contribution in [0.15, 0.2) is 37.7 Å². The molecular formula is C8H13N. The normalized spacial score (nSPS) is 8.11. The van der Waals surface area contributed by atoms with E-state index in [4.69, 9.17) is 0 Å². The van der Waals surface area contributed by atoms with E-state index < -0.39 is 0 Å². The topological polar surface area (TPSA) is 3.24 Å². The third kappa shape index (κ3) is 2.17. The molecule has 0 bridgehead atoms. The van der Waals surface area contributed by atoms with Crippen molar-refractivity contribution in [1.29, 1.82) is 0 Å². The summed E-state index contributed by atoms with van der Waals surface area (Å²) in [5, 5.41) is 0. The van der Waals surface area contributed by atoms with Crippen LogP contribution in [-0.4, -0.2) is 11.4 Å². The second-order valence-electron chi connectivity index (χ2n) is 1.66. The Morgan fingerprint density at radius 1 is 1.56 bits per heavy atom. The SMILES string of the molecule is C=CC(=C)N(C=C)CC. The predicted molar refractivity (Wildman–Crippen MR) is 41.9 cm³/mol. The van der Waals surface area contributed by atoms with Crippen LogP contribution in [0.3, 0.4) is 0 Å². The first-order valence-electron chi connectivity index (χ1n) is 2.96. The number of rotatable bonds is 4. The first kappa shape index (κ1) is 8.02. The summed E-state index contributed by atoms with van der Waals surface area (Å²) in [4.78, 5) is 1.92. The fourth-order valence-corrected chi connectivity index (χ4v) is 0.567. The van der Waals surface area contributed by atoms with Gasteiger partial charge in [0.1, 0.15) is 0 Å². The van der Waals surface area contributed by atoms with E-state index in [-0.39, 0.29) is 0 Å². The van der Waals surface area contributed by atoms with Gasteiger partial charge in [0.25, 0.3) is 0 Å². The van der Waals surface area contributed by atoms with Crippen molar-refractivity contribution < 1.29 is 0 Å². The van der Waals surface area contributed by atoms with Crippen molar-refractivity contribution in [1.82, 2.24) is 4.90 Å². The smallest absolute Gasteiger partial charge is 0.0326 e. The Morgan fingerprint density at radius 3 is 2.22 bits per heavy atom. The predicted octanol–water partition coefficient (Wildman–Crippen LogP) is 2.15. The molecule has 0 spiro atoms. The number of nitrogens with zero attached hydrogens (tertiary/aromatic N) is 1. The van der Waals surface area contributed by atoms with E-state index in [1.165, 1.54) is 0 Å². The van der Waals surface area contributed by atoms with Crippen LogP contribution < -0.4 is 0 Å². The fourth-order valence-electron chi connectivity index (χ4n) is 0.567. The van der Waals surface area contributed by atoms with Crippen molar-refractivity contribution in [3.63, 3.8) is 0 Å². The molecule has 9 heavy (non-hydrogen) atoms. The molecule has 0 rings (SSSR count). The van der Waals surface area contributed by atoms with Crippen LogP contribution >= 0.6 is 0 Å². The van der Waals surface area contributed by atoms with E-state index in [1.807, 2.05) is 11.8 Å². The van der Waals surface area contributed by atoms with Crippen LogP contribution in [0.1, 0.15) is 6.92 Å². The molecule has 0 aliphatic rings. The van der Waals surface area contributed by atoms with Gasteiger partial charge < -0.3 is 4.90 Å². The van der Waals surface area contributed by atoms with E-state index >= 15 is 0 Å². The molecule has 0 unspecified atom stereocenters. The number of hydrogen-bond acceptors (Lipinski definition) is 1. The Hall–Kier alpha value is -0.980. The third-order valence-corrected chi connectivity index (χ3v) is 1.17. The van der Waals surface area contributed by atoms with Gasteiger partial charge in [0.2, 0.25) is 0 Å². The minimum atomic E-state index is 0.896. The van der Waals surface area contributed by atoms with Gasteiger partial charge in [-0.2, -0.15) is 0 Å². The van der Waals surface area contributed by atoms with Crippen molar-refractivity contribution in [3.05, 3.63) is 37.7 Å². The van der Waals surface area contributed by atoms with Crippen LogP contribution in [0.4, 0.5) is 0 Å². The molecule has 0 aromatic heterocycles. The van der Waals surface area contributed by atoms with Crippen molar-refractivity contribution >= 4 is 0 Å². The highest BCUT2D eigenvalue weighted by Gasteiger charge is 1.92. The lowest BCUT2D eigenvalue weighted by Gasteiger charge is -2.16. The molecule has 0 aliphatic heterocycles. The Labute approximate surface area is 57.0 Å². The average molecular weight is 123 g/mol. The van der Waals surface area contributed by atoms with E-state index in [1.54, 1.807) is 12.3 Å². The summed E-state index contributed by atoms with van der Waals surface area (Å²) in [7, 11) is 0. The molecule has 0 N–H and O–H groups in total. The van der Waals surface area contributed by atoms with Gasteiger partial charge in [0, 0.05) is 12.2 Å². The van der Waals surface area contributed by atoms with Gasteiger partial charge in [-0.1, -0.05) is 19.7 Å². The van der Waals surface area contributed by atoms with Gasteiger partial charge in [-0.3, -0.25) is 0 Å². The number of hydrogen-bond donors (Lipinski definition) is 0. The second-order valence-corrected chi connectivity index (χ2v) is 1.66. The molecule has 0 saturated heterocycles. The van der Waals surface area contributed by atoms with Crippen molar-refractivity contribution in [2.45, 2.75) is 6.92 Å². The van der Waals surface area contributed by atoms with Crippen LogP contribution in [0.2, 0.25) is 0 Å². The van der Waals surface area contributed by atoms with E-state index in [0.717, 1.165) is 12.2 Å². The maximum atomic E-state index is 3.75. The second kappa shape index (κ2) is 3.96. The summed E-state index contributed by atoms with van der Waals surface area (Å²) in [6.07, 6.45) is 3.45. The highest BCUT2D eigenvalue weighted by atomic mass is 15.1. The molecule has 0 radical (unpaired) electrons. The van der Waals surface area contributed by atoms with Crippen LogP contribution in [-0.2, 0) is 0 Å². The summed E-state index contributed by atoms with van der Waals surface area (Å²) in [6, 6.07) is 0. The number of likely N-dealkylation sites (N-methyl/N-ethyl adjacent to an activating group) is 1. The van der Waals surface area contributed by atoms with Gasteiger partial charge in [0.15, 0.2) is 0 Å². The van der Waals surface area contributed by atoms with E-state index in [9.17, 15) is 0 Å². The Balaban J connectivity index is 3.93. The molecule has 0 aliphatic carbocycles. The van der Waals surface area contributed by atoms with Crippen LogP contribution in [0.25, 0.3) is 0 Å². The maximum Gasteiger partial charge on any atom is 0.0326 e. The molecular weight excluding hydrogens is 110 g/mol. The highest BCUT2D eigenvalue weighted by molar-refractivity contribution is 5.11. The standard InChI is InChI=1S/C8H13N/c1-5-8(4)9(6-2)7-3/h5-6H,1-2,4,7H2,3H3. The van der Waals surface area contributed by atoms with Gasteiger partial charge in [-0.05, 0) is 19.2 Å². The Kier molecular flexibility index (Phi) is 3.52. The van der Waals surface area contributed by atoms with Gasteiger partial charge in [-0.25, -0.2) is 0 Å². The molecule has 0 heterocycles. The zero-order valence-electron chi connectivity index (χ0n) is 5.93. The summed E-state index contributed by atoms with van der Waals surface area (Å²) in [6.45, 7) is 13.9. The summed E-state index contributed by atoms with van der Waals surface area (Å²) in [5.41, 5.74) is 0.896. The lowest BCUT2D eigenvalue weighted by Crippen LogP contribution is -2.12. The molecule has 0 aromatic carbocycles. The van der Waals surface area contributed by atoms with E-state index in [2.05, 4.69) is 19.7 Å². The highest BCUT2D eigenvalue weighted by Crippen LogP contribution is 2.00. The maximum absolute atomic E-state index is 3.75. The average Bonchev–Trinajstić information content (AvgIpc) is 1.90. The van der Waals surface area contributed by atoms with Crippen LogP contribution in [0.5, 0.6) is 0 Å². The zero-order chi connectivity index (χ0) is 7.28. The summed E-state index contributed by atoms with van der Waals surface area (Å²) in [5.74, 6) is 0. The molecule has 1 heteroatoms. The lowest BCUT2D eigenvalue weighted by atomic mass is 10.4. The first-order valence-corrected chi connectivity index (χ1v) is 2.96.